The summed E-state index contributed by atoms with van der Waals surface area (Å²) in [6.07, 6.45) is 0.446. The number of aromatic hydroxyl groups is 1. The van der Waals surface area contributed by atoms with Crippen LogP contribution in [-0.2, 0) is 11.3 Å². The van der Waals surface area contributed by atoms with Crippen LogP contribution in [0.4, 0.5) is 0 Å². The summed E-state index contributed by atoms with van der Waals surface area (Å²) in [7, 11) is 0. The SMILES string of the molecule is Cc1c(C(=O)COc2ccc(Cl)cc2Cl)c(O)n(CCCOC(C)C)c(=O)c1C#N. The minimum Gasteiger partial charge on any atom is -0.494 e. The molecule has 160 valence electrons. The van der Waals surface area contributed by atoms with Crippen molar-refractivity contribution < 1.29 is 19.4 Å². The van der Waals surface area contributed by atoms with Crippen molar-refractivity contribution in [2.75, 3.05) is 13.2 Å². The monoisotopic (exact) mass is 452 g/mol. The molecule has 7 nitrogen and oxygen atoms in total. The highest BCUT2D eigenvalue weighted by molar-refractivity contribution is 6.35. The second-order valence-electron chi connectivity index (χ2n) is 6.83. The Balaban J connectivity index is 2.31. The van der Waals surface area contributed by atoms with E-state index in [-0.39, 0.29) is 40.1 Å². The molecule has 0 fully saturated rings. The van der Waals surface area contributed by atoms with Crippen LogP contribution >= 0.6 is 23.2 Å². The number of rotatable bonds is 9. The largest absolute Gasteiger partial charge is 0.494 e. The Morgan fingerprint density at radius 2 is 2.03 bits per heavy atom. The van der Waals surface area contributed by atoms with E-state index in [0.717, 1.165) is 4.57 Å². The maximum absolute atomic E-state index is 12.8. The summed E-state index contributed by atoms with van der Waals surface area (Å²) in [5.41, 5.74) is -0.896. The van der Waals surface area contributed by atoms with Gasteiger partial charge in [0.2, 0.25) is 11.7 Å². The van der Waals surface area contributed by atoms with Crippen LogP contribution in [-0.4, -0.2) is 34.8 Å². The smallest absolute Gasteiger partial charge is 0.271 e. The van der Waals surface area contributed by atoms with E-state index in [9.17, 15) is 20.0 Å². The average Bonchev–Trinajstić information content (AvgIpc) is 2.66. The first-order valence-electron chi connectivity index (χ1n) is 9.26. The lowest BCUT2D eigenvalue weighted by atomic mass is 10.0. The molecule has 0 radical (unpaired) electrons. The van der Waals surface area contributed by atoms with Crippen molar-refractivity contribution in [3.8, 4) is 17.7 Å². The number of ether oxygens (including phenoxy) is 2. The van der Waals surface area contributed by atoms with E-state index >= 15 is 0 Å². The molecule has 30 heavy (non-hydrogen) atoms. The number of halogens is 2. The van der Waals surface area contributed by atoms with E-state index in [2.05, 4.69) is 0 Å². The highest BCUT2D eigenvalue weighted by Crippen LogP contribution is 2.28. The van der Waals surface area contributed by atoms with Crippen molar-refractivity contribution in [2.45, 2.75) is 39.8 Å². The van der Waals surface area contributed by atoms with Crippen LogP contribution in [0.15, 0.2) is 23.0 Å². The van der Waals surface area contributed by atoms with Gasteiger partial charge in [0.25, 0.3) is 5.56 Å². The van der Waals surface area contributed by atoms with Gasteiger partial charge in [-0.1, -0.05) is 23.2 Å². The maximum Gasteiger partial charge on any atom is 0.271 e. The molecule has 9 heteroatoms. The van der Waals surface area contributed by atoms with Crippen LogP contribution in [0.3, 0.4) is 0 Å². The number of benzene rings is 1. The van der Waals surface area contributed by atoms with E-state index in [1.807, 2.05) is 19.9 Å². The number of nitrogens with zero attached hydrogens (tertiary/aromatic N) is 2. The standard InChI is InChI=1S/C21H22Cl2N2O5/c1-12(2)29-8-4-7-25-20(27)15(10-24)13(3)19(21(25)28)17(26)11-30-18-6-5-14(22)9-16(18)23/h5-6,9,12,28H,4,7-8,11H2,1-3H3. The topological polar surface area (TPSA) is 102 Å². The molecule has 1 heterocycles. The molecule has 0 saturated carbocycles. The number of carbonyl (C=O) groups is 1. The molecule has 0 amide bonds. The third-order valence-corrected chi connectivity index (χ3v) is 4.84. The number of nitriles is 1. The Morgan fingerprint density at radius 3 is 2.63 bits per heavy atom. The third kappa shape index (κ3) is 5.54. The summed E-state index contributed by atoms with van der Waals surface area (Å²) in [6.45, 7) is 5.21. The third-order valence-electron chi connectivity index (χ3n) is 4.31. The Labute approximate surface area is 184 Å². The Hall–Kier alpha value is -2.53. The predicted molar refractivity (Wildman–Crippen MR) is 114 cm³/mol. The summed E-state index contributed by atoms with van der Waals surface area (Å²) >= 11 is 11.9. The summed E-state index contributed by atoms with van der Waals surface area (Å²) in [4.78, 5) is 25.4. The molecule has 1 N–H and O–H groups in total. The van der Waals surface area contributed by atoms with Gasteiger partial charge in [-0.2, -0.15) is 5.26 Å². The second-order valence-corrected chi connectivity index (χ2v) is 7.67. The molecule has 2 aromatic rings. The lowest BCUT2D eigenvalue weighted by Crippen LogP contribution is -2.28. The van der Waals surface area contributed by atoms with Gasteiger partial charge < -0.3 is 14.6 Å². The van der Waals surface area contributed by atoms with Crippen molar-refractivity contribution >= 4 is 29.0 Å². The van der Waals surface area contributed by atoms with Gasteiger partial charge >= 0.3 is 0 Å². The lowest BCUT2D eigenvalue weighted by molar-refractivity contribution is 0.0743. The molecule has 0 bridgehead atoms. The fraction of sp³-hybridized carbons (Fsp3) is 0.381. The molecule has 0 saturated heterocycles. The summed E-state index contributed by atoms with van der Waals surface area (Å²) in [5.74, 6) is -0.859. The number of ketones is 1. The highest BCUT2D eigenvalue weighted by Gasteiger charge is 2.24. The number of aromatic nitrogens is 1. The fourth-order valence-corrected chi connectivity index (χ4v) is 3.30. The number of Topliss-reactive ketones (excluding diaryl/α,β-unsaturated/α-hetero) is 1. The first kappa shape index (κ1) is 23.7. The van der Waals surface area contributed by atoms with Crippen LogP contribution in [0.5, 0.6) is 11.6 Å². The van der Waals surface area contributed by atoms with Crippen LogP contribution in [0.2, 0.25) is 10.0 Å². The lowest BCUT2D eigenvalue weighted by Gasteiger charge is -2.16. The molecule has 2 rings (SSSR count). The van der Waals surface area contributed by atoms with Crippen LogP contribution in [0.1, 0.15) is 41.8 Å². The van der Waals surface area contributed by atoms with Gasteiger partial charge in [-0.05, 0) is 51.0 Å². The van der Waals surface area contributed by atoms with Crippen LogP contribution in [0, 0.1) is 18.3 Å². The molecular formula is C21H22Cl2N2O5. The Bertz CT molecular complexity index is 1040. The number of pyridine rings is 1. The van der Waals surface area contributed by atoms with Crippen LogP contribution in [0.25, 0.3) is 0 Å². The zero-order valence-electron chi connectivity index (χ0n) is 16.9. The van der Waals surface area contributed by atoms with Crippen molar-refractivity contribution in [3.63, 3.8) is 0 Å². The average molecular weight is 453 g/mol. The van der Waals surface area contributed by atoms with Gasteiger partial charge in [-0.15, -0.1) is 0 Å². The molecule has 0 aliphatic carbocycles. The first-order valence-corrected chi connectivity index (χ1v) is 10.0. The van der Waals surface area contributed by atoms with Crippen molar-refractivity contribution in [2.24, 2.45) is 0 Å². The molecule has 0 aliphatic rings. The molecule has 0 spiro atoms. The van der Waals surface area contributed by atoms with E-state index in [1.54, 1.807) is 6.07 Å². The van der Waals surface area contributed by atoms with E-state index < -0.39 is 23.8 Å². The molecule has 0 atom stereocenters. The van der Waals surface area contributed by atoms with E-state index in [1.165, 1.54) is 19.1 Å². The van der Waals surface area contributed by atoms with E-state index in [0.29, 0.717) is 18.1 Å². The minimum absolute atomic E-state index is 0.0250. The maximum atomic E-state index is 12.8. The second kappa shape index (κ2) is 10.5. The molecular weight excluding hydrogens is 431 g/mol. The zero-order chi connectivity index (χ0) is 22.4. The first-order chi connectivity index (χ1) is 14.2. The van der Waals surface area contributed by atoms with Crippen molar-refractivity contribution in [3.05, 3.63) is 55.3 Å². The molecule has 0 aliphatic heterocycles. The van der Waals surface area contributed by atoms with Gasteiger partial charge in [-0.3, -0.25) is 14.2 Å². The quantitative estimate of drug-likeness (QED) is 0.453. The molecule has 1 aromatic heterocycles. The zero-order valence-corrected chi connectivity index (χ0v) is 18.4. The fourth-order valence-electron chi connectivity index (χ4n) is 2.84. The predicted octanol–water partition coefficient (Wildman–Crippen LogP) is 4.12. The minimum atomic E-state index is -0.657. The van der Waals surface area contributed by atoms with Gasteiger partial charge in [-0.25, -0.2) is 0 Å². The van der Waals surface area contributed by atoms with Crippen molar-refractivity contribution in [1.29, 1.82) is 5.26 Å². The van der Waals surface area contributed by atoms with E-state index in [4.69, 9.17) is 32.7 Å². The number of carbonyl (C=O) groups excluding carboxylic acids is 1. The summed E-state index contributed by atoms with van der Waals surface area (Å²) in [5, 5.41) is 20.7. The normalized spacial score (nSPS) is 10.8. The van der Waals surface area contributed by atoms with Gasteiger partial charge in [0.15, 0.2) is 6.61 Å². The summed E-state index contributed by atoms with van der Waals surface area (Å²) in [6, 6.07) is 6.36. The Kier molecular flexibility index (Phi) is 8.30. The number of hydrogen-bond donors (Lipinski definition) is 1. The van der Waals surface area contributed by atoms with Gasteiger partial charge in [0.05, 0.1) is 16.7 Å². The van der Waals surface area contributed by atoms with Crippen molar-refractivity contribution in [1.82, 2.24) is 4.57 Å². The molecule has 1 aromatic carbocycles. The highest BCUT2D eigenvalue weighted by atomic mass is 35.5. The van der Waals surface area contributed by atoms with Gasteiger partial charge in [0.1, 0.15) is 17.4 Å². The number of hydrogen-bond acceptors (Lipinski definition) is 6. The summed E-state index contributed by atoms with van der Waals surface area (Å²) < 4.78 is 11.9. The van der Waals surface area contributed by atoms with Crippen LogP contribution < -0.4 is 10.3 Å². The van der Waals surface area contributed by atoms with Gasteiger partial charge in [0, 0.05) is 18.2 Å². The molecule has 0 unspecified atom stereocenters. The Morgan fingerprint density at radius 1 is 1.33 bits per heavy atom.